The fourth-order valence-corrected chi connectivity index (χ4v) is 1.70. The number of nitrogens with one attached hydrogen (secondary N) is 1. The molecule has 0 saturated heterocycles. The fourth-order valence-electron chi connectivity index (χ4n) is 1.70. The van der Waals surface area contributed by atoms with E-state index in [0.717, 1.165) is 28.8 Å². The average Bonchev–Trinajstić information content (AvgIpc) is 2.58. The molecule has 0 aromatic carbocycles. The van der Waals surface area contributed by atoms with E-state index in [1.807, 2.05) is 0 Å². The van der Waals surface area contributed by atoms with Gasteiger partial charge >= 0.3 is 26.2 Å². The maximum Gasteiger partial charge on any atom is 4.00 e. The van der Waals surface area contributed by atoms with Crippen LogP contribution in [0.3, 0.4) is 0 Å². The summed E-state index contributed by atoms with van der Waals surface area (Å²) in [5, 5.41) is 0. The van der Waals surface area contributed by atoms with Crippen molar-refractivity contribution in [3.05, 3.63) is 28.5 Å². The van der Waals surface area contributed by atoms with Gasteiger partial charge < -0.3 is 35.3 Å². The molecule has 0 aromatic heterocycles. The second-order valence-electron chi connectivity index (χ2n) is 5.26. The Hall–Kier alpha value is 0.630. The first-order valence-electron chi connectivity index (χ1n) is 7.57. The van der Waals surface area contributed by atoms with E-state index in [2.05, 4.69) is 53.8 Å². The zero-order valence-electron chi connectivity index (χ0n) is 15.6. The molecular weight excluding hydrogens is 424 g/mol. The smallest absolute Gasteiger partial charge is 1.00 e. The predicted molar refractivity (Wildman–Crippen MR) is 92.3 cm³/mol. The molecule has 6 heteroatoms. The summed E-state index contributed by atoms with van der Waals surface area (Å²) < 4.78 is 0. The van der Waals surface area contributed by atoms with Gasteiger partial charge in [0.05, 0.1) is 0 Å². The molecule has 1 rings (SSSR count). The Morgan fingerprint density at radius 3 is 1.78 bits per heavy atom. The summed E-state index contributed by atoms with van der Waals surface area (Å²) in [4.78, 5) is 9.99. The molecule has 1 aliphatic carbocycles. The van der Waals surface area contributed by atoms with Crippen LogP contribution < -0.4 is 24.8 Å². The molecule has 0 saturated carbocycles. The summed E-state index contributed by atoms with van der Waals surface area (Å²) in [7, 11) is 0.750. The van der Waals surface area contributed by atoms with Crippen molar-refractivity contribution in [1.29, 1.82) is 0 Å². The number of carbonyl (C=O) groups excluding carboxylic acids is 1. The number of halogens is 2. The third-order valence-electron chi connectivity index (χ3n) is 3.24. The fraction of sp³-hybridized carbons (Fsp3) is 0.706. The normalized spacial score (nSPS) is 14.6. The van der Waals surface area contributed by atoms with E-state index in [-0.39, 0.29) is 51.0 Å². The van der Waals surface area contributed by atoms with Crippen LogP contribution in [0, 0.1) is 12.0 Å². The first kappa shape index (κ1) is 34.9. The Bertz CT molecular complexity index is 347. The van der Waals surface area contributed by atoms with Crippen LogP contribution in [-0.4, -0.2) is 15.4 Å². The van der Waals surface area contributed by atoms with E-state index in [1.54, 1.807) is 0 Å². The molecule has 0 aliphatic heterocycles. The maximum atomic E-state index is 9.99. The molecule has 133 valence electrons. The number of rotatable bonds is 4. The Balaban J connectivity index is -0.0000000726. The third-order valence-corrected chi connectivity index (χ3v) is 3.24. The van der Waals surface area contributed by atoms with Crippen molar-refractivity contribution in [2.45, 2.75) is 73.4 Å². The topological polar surface area (TPSA) is 40.9 Å². The third kappa shape index (κ3) is 20.6. The van der Waals surface area contributed by atoms with Crippen molar-refractivity contribution in [1.82, 2.24) is 0 Å². The van der Waals surface area contributed by atoms with Gasteiger partial charge in [-0.25, -0.2) is 5.57 Å². The van der Waals surface area contributed by atoms with Gasteiger partial charge in [0.1, 0.15) is 0 Å². The summed E-state index contributed by atoms with van der Waals surface area (Å²) in [6.07, 6.45) is 6.88. The van der Waals surface area contributed by atoms with Crippen LogP contribution in [0.4, 0.5) is 0 Å². The minimum absolute atomic E-state index is 0. The Labute approximate surface area is 178 Å². The van der Waals surface area contributed by atoms with Gasteiger partial charge in [-0.05, 0) is 12.8 Å². The molecule has 0 bridgehead atoms. The van der Waals surface area contributed by atoms with E-state index < -0.39 is 5.91 Å². The van der Waals surface area contributed by atoms with Gasteiger partial charge in [-0.1, -0.05) is 59.5 Å². The summed E-state index contributed by atoms with van der Waals surface area (Å²) >= 11 is 0. The van der Waals surface area contributed by atoms with Crippen LogP contribution in [0.2, 0.25) is 13.1 Å². The molecule has 23 heavy (non-hydrogen) atoms. The molecule has 0 heterocycles. The van der Waals surface area contributed by atoms with Crippen molar-refractivity contribution in [3.63, 3.8) is 0 Å². The first-order valence-corrected chi connectivity index (χ1v) is 9.88. The van der Waals surface area contributed by atoms with E-state index in [1.165, 1.54) is 16.7 Å². The molecule has 1 N–H and O–H groups in total. The molecule has 0 fully saturated rings. The van der Waals surface area contributed by atoms with E-state index in [9.17, 15) is 4.79 Å². The van der Waals surface area contributed by atoms with Crippen LogP contribution in [0.5, 0.6) is 0 Å². The molecule has 1 unspecified atom stereocenters. The van der Waals surface area contributed by atoms with Crippen molar-refractivity contribution in [2.75, 3.05) is 0 Å². The molecule has 1 atom stereocenters. The van der Waals surface area contributed by atoms with Gasteiger partial charge in [0.2, 0.25) is 0 Å². The van der Waals surface area contributed by atoms with Gasteiger partial charge in [0.15, 0.2) is 0 Å². The van der Waals surface area contributed by atoms with Crippen LogP contribution in [-0.2, 0) is 31.0 Å². The van der Waals surface area contributed by atoms with Crippen molar-refractivity contribution < 1.29 is 55.8 Å². The zero-order chi connectivity index (χ0) is 16.1. The SMILES string of the molecule is CC1=[C-]C(C)C(C)=C1C.CCCCCC([NH-])=O.C[SiH]C.[Cl-].[Cl-].[Zr+4]. The number of carbonyl (C=O) groups is 1. The number of unbranched alkanes of at least 4 members (excludes halogenated alkanes) is 2. The minimum atomic E-state index is -0.432. The van der Waals surface area contributed by atoms with Gasteiger partial charge in [-0.15, -0.1) is 6.92 Å². The summed E-state index contributed by atoms with van der Waals surface area (Å²) in [5.74, 6) is 0.128. The molecule has 1 radical (unpaired) electrons. The zero-order valence-corrected chi connectivity index (χ0v) is 20.8. The number of allylic oxidation sites excluding steroid dienone is 4. The number of amides is 1. The molecule has 0 spiro atoms. The Kier molecular flexibility index (Phi) is 34.3. The van der Waals surface area contributed by atoms with E-state index in [0.29, 0.717) is 12.3 Å². The number of hydrogen-bond acceptors (Lipinski definition) is 1. The summed E-state index contributed by atoms with van der Waals surface area (Å²) in [6.45, 7) is 15.2. The standard InChI is InChI=1S/C9H13.C6H13NO.C2H7Si.2ClH.Zr/c1-6-5-7(2)9(4)8(6)3;1-2-3-4-5-6(7)8;1-3-2;;;/h6H,1-4H3;2-5H2,1H3,(H2,7,8);3H,1-2H3;2*1H;/q-1;;;;;+4/p-3. The molecule has 1 amide bonds. The van der Waals surface area contributed by atoms with Gasteiger partial charge in [-0.3, -0.25) is 6.08 Å². The summed E-state index contributed by atoms with van der Waals surface area (Å²) in [6, 6.07) is 0. The predicted octanol–water partition coefficient (Wildman–Crippen LogP) is -0.608. The largest absolute Gasteiger partial charge is 4.00 e. The van der Waals surface area contributed by atoms with E-state index >= 15 is 0 Å². The summed E-state index contributed by atoms with van der Waals surface area (Å²) in [5.41, 5.74) is 10.8. The molecule has 1 aliphatic rings. The molecular formula is C17H32Cl2NOSiZr. The average molecular weight is 457 g/mol. The van der Waals surface area contributed by atoms with Gasteiger partial charge in [0, 0.05) is 15.4 Å². The number of hydrogen-bond donors (Lipinski definition) is 0. The van der Waals surface area contributed by atoms with Crippen molar-refractivity contribution >= 4 is 15.4 Å². The minimum Gasteiger partial charge on any atom is -1.00 e. The van der Waals surface area contributed by atoms with Crippen molar-refractivity contribution in [3.8, 4) is 0 Å². The molecule has 0 aromatic rings. The second kappa shape index (κ2) is 22.6. The second-order valence-corrected chi connectivity index (χ2v) is 6.41. The van der Waals surface area contributed by atoms with Gasteiger partial charge in [0.25, 0.3) is 0 Å². The van der Waals surface area contributed by atoms with Crippen molar-refractivity contribution in [2.24, 2.45) is 5.92 Å². The Morgan fingerprint density at radius 2 is 1.61 bits per heavy atom. The van der Waals surface area contributed by atoms with Gasteiger partial charge in [-0.2, -0.15) is 11.1 Å². The maximum absolute atomic E-state index is 9.99. The first-order chi connectivity index (χ1) is 9.31. The monoisotopic (exact) mass is 454 g/mol. The van der Waals surface area contributed by atoms with Crippen LogP contribution in [0.1, 0.15) is 60.3 Å². The Morgan fingerprint density at radius 1 is 1.17 bits per heavy atom. The van der Waals surface area contributed by atoms with Crippen LogP contribution in [0.15, 0.2) is 16.7 Å². The molecule has 2 nitrogen and oxygen atoms in total. The van der Waals surface area contributed by atoms with Crippen LogP contribution >= 0.6 is 0 Å². The quantitative estimate of drug-likeness (QED) is 0.316. The van der Waals surface area contributed by atoms with E-state index in [4.69, 9.17) is 5.73 Å². The van der Waals surface area contributed by atoms with Crippen LogP contribution in [0.25, 0.3) is 5.73 Å².